The molecule has 2 aromatic rings. The molecule has 0 bridgehead atoms. The number of quaternary nitrogens is 1. The van der Waals surface area contributed by atoms with Gasteiger partial charge in [0.2, 0.25) is 0 Å². The van der Waals surface area contributed by atoms with E-state index in [0.717, 1.165) is 10.5 Å². The van der Waals surface area contributed by atoms with Crippen molar-refractivity contribution < 1.29 is 23.3 Å². The quantitative estimate of drug-likeness (QED) is 0.614. The first-order chi connectivity index (χ1) is 11.3. The Hall–Kier alpha value is -2.55. The average Bonchev–Trinajstić information content (AvgIpc) is 2.74. The van der Waals surface area contributed by atoms with Gasteiger partial charge in [0.15, 0.2) is 6.67 Å². The number of aromatic nitrogens is 2. The van der Waals surface area contributed by atoms with E-state index in [-0.39, 0.29) is 11.4 Å². The van der Waals surface area contributed by atoms with Gasteiger partial charge in [0, 0.05) is 5.56 Å². The highest BCUT2D eigenvalue weighted by Gasteiger charge is 2.23. The SMILES string of the molecule is Cc1nn(C[NH+](C)Cc2ccc(OC(F)F)cc2)c(C)c1[N+](=O)[O-]. The summed E-state index contributed by atoms with van der Waals surface area (Å²) in [5, 5.41) is 15.2. The smallest absolute Gasteiger partial charge is 0.387 e. The molecule has 0 fully saturated rings. The molecule has 1 aromatic carbocycles. The van der Waals surface area contributed by atoms with E-state index in [0.29, 0.717) is 24.6 Å². The van der Waals surface area contributed by atoms with Crippen molar-refractivity contribution in [2.24, 2.45) is 0 Å². The Kier molecular flexibility index (Phi) is 5.45. The number of hydrogen-bond donors (Lipinski definition) is 1. The van der Waals surface area contributed by atoms with Crippen LogP contribution in [-0.2, 0) is 13.2 Å². The zero-order chi connectivity index (χ0) is 17.9. The minimum Gasteiger partial charge on any atom is -0.435 e. The van der Waals surface area contributed by atoms with Gasteiger partial charge in [-0.1, -0.05) is 0 Å². The number of nitro groups is 1. The summed E-state index contributed by atoms with van der Waals surface area (Å²) < 4.78 is 30.2. The molecule has 0 aliphatic rings. The molecule has 0 radical (unpaired) electrons. The van der Waals surface area contributed by atoms with Crippen LogP contribution < -0.4 is 9.64 Å². The third kappa shape index (κ3) is 4.25. The lowest BCUT2D eigenvalue weighted by molar-refractivity contribution is -0.917. The van der Waals surface area contributed by atoms with Crippen molar-refractivity contribution >= 4 is 5.69 Å². The summed E-state index contributed by atoms with van der Waals surface area (Å²) >= 11 is 0. The van der Waals surface area contributed by atoms with Crippen molar-refractivity contribution in [3.05, 3.63) is 51.3 Å². The molecule has 0 spiro atoms. The summed E-state index contributed by atoms with van der Waals surface area (Å²) in [7, 11) is 1.92. The highest BCUT2D eigenvalue weighted by molar-refractivity contribution is 5.39. The number of hydrogen-bond acceptors (Lipinski definition) is 4. The summed E-state index contributed by atoms with van der Waals surface area (Å²) in [4.78, 5) is 11.6. The predicted molar refractivity (Wildman–Crippen MR) is 82.0 cm³/mol. The Balaban J connectivity index is 2.02. The van der Waals surface area contributed by atoms with Crippen molar-refractivity contribution in [2.45, 2.75) is 33.7 Å². The molecule has 2 rings (SSSR count). The molecular formula is C15H19F2N4O3+. The molecular weight excluding hydrogens is 322 g/mol. The zero-order valence-electron chi connectivity index (χ0n) is 13.6. The first-order valence-electron chi connectivity index (χ1n) is 7.31. The molecule has 9 heteroatoms. The van der Waals surface area contributed by atoms with Crippen LogP contribution in [0.1, 0.15) is 17.0 Å². The van der Waals surface area contributed by atoms with Crippen LogP contribution in [-0.4, -0.2) is 28.4 Å². The van der Waals surface area contributed by atoms with Crippen molar-refractivity contribution in [2.75, 3.05) is 7.05 Å². The fourth-order valence-corrected chi connectivity index (χ4v) is 2.55. The number of benzene rings is 1. The second kappa shape index (κ2) is 7.35. The molecule has 1 unspecified atom stereocenters. The average molecular weight is 341 g/mol. The Morgan fingerprint density at radius 3 is 2.46 bits per heavy atom. The minimum absolute atomic E-state index is 0.0382. The van der Waals surface area contributed by atoms with E-state index in [2.05, 4.69) is 9.84 Å². The van der Waals surface area contributed by atoms with Crippen molar-refractivity contribution in [3.8, 4) is 5.75 Å². The molecule has 0 saturated heterocycles. The molecule has 24 heavy (non-hydrogen) atoms. The first-order valence-corrected chi connectivity index (χ1v) is 7.31. The lowest BCUT2D eigenvalue weighted by Crippen LogP contribution is -3.07. The number of aryl methyl sites for hydroxylation is 1. The van der Waals surface area contributed by atoms with Gasteiger partial charge < -0.3 is 9.64 Å². The Bertz CT molecular complexity index is 716. The summed E-state index contributed by atoms with van der Waals surface area (Å²) in [5.41, 5.74) is 1.87. The van der Waals surface area contributed by atoms with E-state index in [9.17, 15) is 18.9 Å². The molecule has 1 heterocycles. The second-order valence-electron chi connectivity index (χ2n) is 5.59. The lowest BCUT2D eigenvalue weighted by atomic mass is 10.2. The third-order valence-electron chi connectivity index (χ3n) is 3.60. The Morgan fingerprint density at radius 2 is 1.96 bits per heavy atom. The van der Waals surface area contributed by atoms with Gasteiger partial charge in [0.1, 0.15) is 23.7 Å². The van der Waals surface area contributed by atoms with Gasteiger partial charge >= 0.3 is 12.3 Å². The molecule has 1 N–H and O–H groups in total. The van der Waals surface area contributed by atoms with Crippen LogP contribution in [0.25, 0.3) is 0 Å². The number of rotatable bonds is 7. The van der Waals surface area contributed by atoms with Gasteiger partial charge in [-0.25, -0.2) is 4.68 Å². The number of ether oxygens (including phenoxy) is 1. The van der Waals surface area contributed by atoms with E-state index >= 15 is 0 Å². The third-order valence-corrected chi connectivity index (χ3v) is 3.60. The maximum Gasteiger partial charge on any atom is 0.387 e. The summed E-state index contributed by atoms with van der Waals surface area (Å²) in [6.45, 7) is 1.50. The molecule has 1 aromatic heterocycles. The molecule has 0 aliphatic carbocycles. The monoisotopic (exact) mass is 341 g/mol. The molecule has 0 amide bonds. The van der Waals surface area contributed by atoms with Crippen LogP contribution in [0.15, 0.2) is 24.3 Å². The van der Waals surface area contributed by atoms with Gasteiger partial charge in [-0.05, 0) is 38.1 Å². The van der Waals surface area contributed by atoms with Crippen LogP contribution in [0, 0.1) is 24.0 Å². The number of alkyl halides is 2. The lowest BCUT2D eigenvalue weighted by Gasteiger charge is -2.15. The van der Waals surface area contributed by atoms with E-state index < -0.39 is 11.5 Å². The minimum atomic E-state index is -2.84. The van der Waals surface area contributed by atoms with E-state index in [4.69, 9.17) is 0 Å². The largest absolute Gasteiger partial charge is 0.435 e. The Morgan fingerprint density at radius 1 is 1.33 bits per heavy atom. The van der Waals surface area contributed by atoms with Gasteiger partial charge in [0.25, 0.3) is 0 Å². The summed E-state index contributed by atoms with van der Waals surface area (Å²) in [6, 6.07) is 6.40. The van der Waals surface area contributed by atoms with Crippen LogP contribution in [0.4, 0.5) is 14.5 Å². The molecule has 130 valence electrons. The van der Waals surface area contributed by atoms with Crippen LogP contribution in [0.3, 0.4) is 0 Å². The van der Waals surface area contributed by atoms with Gasteiger partial charge in [0.05, 0.1) is 12.0 Å². The highest BCUT2D eigenvalue weighted by Crippen LogP contribution is 2.21. The van der Waals surface area contributed by atoms with E-state index in [1.165, 1.54) is 12.1 Å². The van der Waals surface area contributed by atoms with Crippen LogP contribution in [0.5, 0.6) is 5.75 Å². The number of nitrogens with one attached hydrogen (secondary N) is 1. The van der Waals surface area contributed by atoms with Crippen molar-refractivity contribution in [1.29, 1.82) is 0 Å². The fourth-order valence-electron chi connectivity index (χ4n) is 2.55. The Labute approximate surface area is 137 Å². The molecule has 1 atom stereocenters. The molecule has 0 saturated carbocycles. The number of nitrogens with zero attached hydrogens (tertiary/aromatic N) is 3. The molecule has 0 aliphatic heterocycles. The topological polar surface area (TPSA) is 74.6 Å². The van der Waals surface area contributed by atoms with Crippen molar-refractivity contribution in [3.63, 3.8) is 0 Å². The maximum absolute atomic E-state index is 12.1. The van der Waals surface area contributed by atoms with Crippen molar-refractivity contribution in [1.82, 2.24) is 9.78 Å². The summed E-state index contributed by atoms with van der Waals surface area (Å²) in [6.07, 6.45) is 0. The normalized spacial score (nSPS) is 12.4. The summed E-state index contributed by atoms with van der Waals surface area (Å²) in [5.74, 6) is 0.112. The van der Waals surface area contributed by atoms with Gasteiger partial charge in [-0.2, -0.15) is 13.9 Å². The highest BCUT2D eigenvalue weighted by atomic mass is 19.3. The maximum atomic E-state index is 12.1. The van der Waals surface area contributed by atoms with E-state index in [1.54, 1.807) is 30.7 Å². The van der Waals surface area contributed by atoms with E-state index in [1.807, 2.05) is 7.05 Å². The molecule has 7 nitrogen and oxygen atoms in total. The predicted octanol–water partition coefficient (Wildman–Crippen LogP) is 1.68. The van der Waals surface area contributed by atoms with Crippen LogP contribution >= 0.6 is 0 Å². The standard InChI is InChI=1S/C15H18F2N4O3/c1-10-14(21(22)23)11(2)20(18-10)9-19(3)8-12-4-6-13(7-5-12)24-15(16)17/h4-7,15H,8-9H2,1-3H3/p+1. The second-order valence-corrected chi connectivity index (χ2v) is 5.59. The zero-order valence-corrected chi connectivity index (χ0v) is 13.6. The first kappa shape index (κ1) is 17.8. The fraction of sp³-hybridized carbons (Fsp3) is 0.400. The number of halogens is 2. The van der Waals surface area contributed by atoms with Crippen LogP contribution in [0.2, 0.25) is 0 Å². The van der Waals surface area contributed by atoms with Gasteiger partial charge in [-0.15, -0.1) is 0 Å². The van der Waals surface area contributed by atoms with Gasteiger partial charge in [-0.3, -0.25) is 10.1 Å².